The van der Waals surface area contributed by atoms with Crippen LogP contribution >= 0.6 is 11.8 Å². The molecule has 0 spiro atoms. The Morgan fingerprint density at radius 2 is 1.74 bits per heavy atom. The first-order valence-corrected chi connectivity index (χ1v) is 13.7. The van der Waals surface area contributed by atoms with Gasteiger partial charge in [-0.2, -0.15) is 4.31 Å². The Morgan fingerprint density at radius 3 is 2.38 bits per heavy atom. The normalized spacial score (nSPS) is 17.6. The molecule has 34 heavy (non-hydrogen) atoms. The van der Waals surface area contributed by atoms with E-state index in [0.29, 0.717) is 30.0 Å². The van der Waals surface area contributed by atoms with Gasteiger partial charge in [-0.1, -0.05) is 11.8 Å². The second kappa shape index (κ2) is 9.47. The maximum Gasteiger partial charge on any atom is 0.243 e. The molecule has 178 valence electrons. The molecule has 1 aromatic carbocycles. The number of hydrogen-bond donors (Lipinski definition) is 1. The molecule has 5 rings (SSSR count). The Bertz CT molecular complexity index is 1270. The lowest BCUT2D eigenvalue weighted by Crippen LogP contribution is -2.27. The van der Waals surface area contributed by atoms with Gasteiger partial charge in [-0.3, -0.25) is 14.3 Å². The van der Waals surface area contributed by atoms with Crippen LogP contribution in [0.25, 0.3) is 11.4 Å². The molecule has 11 heteroatoms. The van der Waals surface area contributed by atoms with E-state index in [1.807, 2.05) is 19.1 Å². The Hall–Kier alpha value is -2.76. The van der Waals surface area contributed by atoms with Crippen molar-refractivity contribution in [3.63, 3.8) is 0 Å². The third-order valence-electron chi connectivity index (χ3n) is 5.99. The van der Waals surface area contributed by atoms with E-state index in [0.717, 1.165) is 37.1 Å². The smallest absolute Gasteiger partial charge is 0.243 e. The quantitative estimate of drug-likeness (QED) is 0.473. The zero-order valence-corrected chi connectivity index (χ0v) is 20.4. The summed E-state index contributed by atoms with van der Waals surface area (Å²) < 4.78 is 29.0. The van der Waals surface area contributed by atoms with Crippen LogP contribution in [0.15, 0.2) is 58.8 Å². The van der Waals surface area contributed by atoms with E-state index in [-0.39, 0.29) is 10.8 Å². The predicted molar refractivity (Wildman–Crippen MR) is 130 cm³/mol. The lowest BCUT2D eigenvalue weighted by molar-refractivity contribution is -0.115. The van der Waals surface area contributed by atoms with Gasteiger partial charge in [-0.15, -0.1) is 10.2 Å². The number of carbonyl (C=O) groups is 1. The zero-order valence-electron chi connectivity index (χ0n) is 18.8. The van der Waals surface area contributed by atoms with E-state index in [1.54, 1.807) is 36.7 Å². The number of rotatable bonds is 8. The van der Waals surface area contributed by atoms with Crippen LogP contribution in [0.5, 0.6) is 0 Å². The van der Waals surface area contributed by atoms with E-state index in [1.165, 1.54) is 16.1 Å². The van der Waals surface area contributed by atoms with Crippen molar-refractivity contribution in [1.29, 1.82) is 0 Å². The number of aromatic nitrogens is 4. The molecule has 3 heterocycles. The molecule has 3 aromatic rings. The van der Waals surface area contributed by atoms with E-state index < -0.39 is 15.3 Å². The molecule has 9 nitrogen and oxygen atoms in total. The summed E-state index contributed by atoms with van der Waals surface area (Å²) in [5.74, 6) is 0.603. The first kappa shape index (κ1) is 23.0. The van der Waals surface area contributed by atoms with Crippen LogP contribution in [-0.4, -0.2) is 56.7 Å². The van der Waals surface area contributed by atoms with Crippen molar-refractivity contribution in [2.75, 3.05) is 18.4 Å². The van der Waals surface area contributed by atoms with Crippen LogP contribution in [0.4, 0.5) is 5.69 Å². The molecule has 1 aliphatic heterocycles. The number of amides is 1. The van der Waals surface area contributed by atoms with E-state index in [4.69, 9.17) is 0 Å². The third kappa shape index (κ3) is 4.73. The van der Waals surface area contributed by atoms with Gasteiger partial charge in [0, 0.05) is 42.8 Å². The Labute approximate surface area is 203 Å². The fourth-order valence-corrected chi connectivity index (χ4v) is 6.40. The van der Waals surface area contributed by atoms with Crippen molar-refractivity contribution in [3.05, 3.63) is 48.8 Å². The van der Waals surface area contributed by atoms with Gasteiger partial charge in [0.1, 0.15) is 0 Å². The Kier molecular flexibility index (Phi) is 6.41. The average Bonchev–Trinajstić information content (AvgIpc) is 3.34. The highest BCUT2D eigenvalue weighted by molar-refractivity contribution is 8.00. The van der Waals surface area contributed by atoms with Crippen LogP contribution in [0, 0.1) is 0 Å². The number of benzene rings is 1. The summed E-state index contributed by atoms with van der Waals surface area (Å²) in [6, 6.07) is 10.5. The van der Waals surface area contributed by atoms with Crippen LogP contribution < -0.4 is 5.32 Å². The molecule has 2 aromatic heterocycles. The minimum atomic E-state index is -3.47. The van der Waals surface area contributed by atoms with Crippen LogP contribution in [0.2, 0.25) is 0 Å². The maximum atomic E-state index is 12.9. The molecule has 1 atom stereocenters. The number of carbonyl (C=O) groups excluding carboxylic acids is 1. The molecule has 0 bridgehead atoms. The number of sulfonamides is 1. The van der Waals surface area contributed by atoms with Crippen molar-refractivity contribution in [2.24, 2.45) is 0 Å². The summed E-state index contributed by atoms with van der Waals surface area (Å²) in [5.41, 5.74) is 1.50. The number of nitrogens with one attached hydrogen (secondary N) is 1. The number of anilines is 1. The second-order valence-electron chi connectivity index (χ2n) is 8.53. The van der Waals surface area contributed by atoms with Crippen LogP contribution in [-0.2, 0) is 14.8 Å². The van der Waals surface area contributed by atoms with E-state index in [2.05, 4.69) is 25.1 Å². The van der Waals surface area contributed by atoms with E-state index >= 15 is 0 Å². The summed E-state index contributed by atoms with van der Waals surface area (Å²) in [6.45, 7) is 2.94. The van der Waals surface area contributed by atoms with Gasteiger partial charge in [0.05, 0.1) is 10.1 Å². The summed E-state index contributed by atoms with van der Waals surface area (Å²) in [6.07, 6.45) is 7.37. The highest BCUT2D eigenvalue weighted by atomic mass is 32.2. The molecule has 1 amide bonds. The second-order valence-corrected chi connectivity index (χ2v) is 11.8. The van der Waals surface area contributed by atoms with Crippen molar-refractivity contribution in [3.8, 4) is 11.4 Å². The topological polar surface area (TPSA) is 110 Å². The highest BCUT2D eigenvalue weighted by Crippen LogP contribution is 2.41. The molecule has 1 N–H and O–H groups in total. The molecule has 1 saturated heterocycles. The molecule has 0 radical (unpaired) electrons. The van der Waals surface area contributed by atoms with Crippen molar-refractivity contribution in [1.82, 2.24) is 24.1 Å². The fraction of sp³-hybridized carbons (Fsp3) is 0.391. The number of pyridine rings is 1. The molecular weight excluding hydrogens is 472 g/mol. The summed E-state index contributed by atoms with van der Waals surface area (Å²) in [5, 5.41) is 11.9. The third-order valence-corrected chi connectivity index (χ3v) is 8.96. The standard InChI is InChI=1S/C23H26N6O3S2/c1-16(33-23-27-26-21(29(23)19-6-7-19)17-10-12-24-13-11-17)22(30)25-18-4-8-20(9-5-18)34(31,32)28-14-2-3-15-28/h4-5,8-13,16,19H,2-3,6-7,14-15H2,1H3,(H,25,30)/t16-/m1/s1. The Balaban J connectivity index is 1.26. The van der Waals surface area contributed by atoms with Crippen molar-refractivity contribution >= 4 is 33.4 Å². The first-order valence-electron chi connectivity index (χ1n) is 11.4. The summed E-state index contributed by atoms with van der Waals surface area (Å²) >= 11 is 1.36. The lowest BCUT2D eigenvalue weighted by Gasteiger charge is -2.16. The lowest BCUT2D eigenvalue weighted by atomic mass is 10.2. The molecule has 1 aliphatic carbocycles. The molecule has 2 aliphatic rings. The molecule has 2 fully saturated rings. The maximum absolute atomic E-state index is 12.9. The minimum Gasteiger partial charge on any atom is -0.325 e. The molecular formula is C23H26N6O3S2. The van der Waals surface area contributed by atoms with Gasteiger partial charge in [0.2, 0.25) is 15.9 Å². The van der Waals surface area contributed by atoms with Gasteiger partial charge in [0.25, 0.3) is 0 Å². The van der Waals surface area contributed by atoms with E-state index in [9.17, 15) is 13.2 Å². The van der Waals surface area contributed by atoms with Gasteiger partial charge in [-0.05, 0) is 69.0 Å². The Morgan fingerprint density at radius 1 is 1.06 bits per heavy atom. The van der Waals surface area contributed by atoms with Crippen LogP contribution in [0.3, 0.4) is 0 Å². The predicted octanol–water partition coefficient (Wildman–Crippen LogP) is 3.58. The monoisotopic (exact) mass is 498 g/mol. The zero-order chi connectivity index (χ0) is 23.7. The fourth-order valence-electron chi connectivity index (χ4n) is 3.96. The van der Waals surface area contributed by atoms with Crippen molar-refractivity contribution in [2.45, 2.75) is 54.0 Å². The molecule has 1 saturated carbocycles. The first-order chi connectivity index (χ1) is 16.4. The molecule has 0 unspecified atom stereocenters. The largest absolute Gasteiger partial charge is 0.325 e. The summed E-state index contributed by atoms with van der Waals surface area (Å²) in [4.78, 5) is 17.2. The SMILES string of the molecule is C[C@@H](Sc1nnc(-c2ccncc2)n1C1CC1)C(=O)Nc1ccc(S(=O)(=O)N2CCCC2)cc1. The van der Waals surface area contributed by atoms with Gasteiger partial charge in [0.15, 0.2) is 11.0 Å². The number of nitrogens with zero attached hydrogens (tertiary/aromatic N) is 5. The van der Waals surface area contributed by atoms with Crippen LogP contribution in [0.1, 0.15) is 38.6 Å². The van der Waals surface area contributed by atoms with Crippen molar-refractivity contribution < 1.29 is 13.2 Å². The average molecular weight is 499 g/mol. The van der Waals surface area contributed by atoms with Gasteiger partial charge in [-0.25, -0.2) is 8.42 Å². The van der Waals surface area contributed by atoms with Gasteiger partial charge < -0.3 is 5.32 Å². The summed E-state index contributed by atoms with van der Waals surface area (Å²) in [7, 11) is -3.47. The highest BCUT2D eigenvalue weighted by Gasteiger charge is 2.32. The number of hydrogen-bond acceptors (Lipinski definition) is 7. The minimum absolute atomic E-state index is 0.184. The number of thioether (sulfide) groups is 1. The van der Waals surface area contributed by atoms with Gasteiger partial charge >= 0.3 is 0 Å².